The van der Waals surface area contributed by atoms with Crippen LogP contribution >= 0.6 is 0 Å². The Hall–Kier alpha value is -0.410. The third-order valence-corrected chi connectivity index (χ3v) is 5.48. The van der Waals surface area contributed by atoms with Crippen LogP contribution in [0.2, 0.25) is 0 Å². The summed E-state index contributed by atoms with van der Waals surface area (Å²) in [6, 6.07) is 0. The van der Waals surface area contributed by atoms with Crippen LogP contribution in [-0.4, -0.2) is 42.5 Å². The van der Waals surface area contributed by atoms with Gasteiger partial charge in [0.05, 0.1) is 18.8 Å². The lowest BCUT2D eigenvalue weighted by Gasteiger charge is -2.44. The van der Waals surface area contributed by atoms with Gasteiger partial charge >= 0.3 is 0 Å². The minimum atomic E-state index is -0.286. The average molecular weight is 281 g/mol. The van der Waals surface area contributed by atoms with E-state index in [4.69, 9.17) is 4.74 Å². The number of rotatable bonds is 4. The van der Waals surface area contributed by atoms with E-state index in [0.717, 1.165) is 45.6 Å². The molecule has 1 aliphatic heterocycles. The Labute approximate surface area is 124 Å². The van der Waals surface area contributed by atoms with E-state index in [-0.39, 0.29) is 11.5 Å². The van der Waals surface area contributed by atoms with Crippen LogP contribution in [0.3, 0.4) is 0 Å². The zero-order chi connectivity index (χ0) is 14.8. The fraction of sp³-hybridized carbons (Fsp3) is 0.941. The maximum absolute atomic E-state index is 13.2. The van der Waals surface area contributed by atoms with Crippen molar-refractivity contribution in [2.75, 3.05) is 26.3 Å². The van der Waals surface area contributed by atoms with Gasteiger partial charge in [0.25, 0.3) is 0 Å². The fourth-order valence-electron chi connectivity index (χ4n) is 4.21. The summed E-state index contributed by atoms with van der Waals surface area (Å²) < 4.78 is 5.45. The second-order valence-corrected chi connectivity index (χ2v) is 7.21. The van der Waals surface area contributed by atoms with Crippen molar-refractivity contribution in [1.82, 2.24) is 4.90 Å². The zero-order valence-corrected chi connectivity index (χ0v) is 13.7. The quantitative estimate of drug-likeness (QED) is 0.793. The summed E-state index contributed by atoms with van der Waals surface area (Å²) in [4.78, 5) is 15.5. The van der Waals surface area contributed by atoms with E-state index in [9.17, 15) is 4.79 Å². The molecule has 1 aliphatic carbocycles. The second-order valence-electron chi connectivity index (χ2n) is 7.21. The molecule has 3 heteroatoms. The van der Waals surface area contributed by atoms with Crippen LogP contribution in [0, 0.1) is 17.8 Å². The zero-order valence-electron chi connectivity index (χ0n) is 13.7. The Morgan fingerprint density at radius 3 is 2.20 bits per heavy atom. The van der Waals surface area contributed by atoms with E-state index in [2.05, 4.69) is 32.6 Å². The van der Waals surface area contributed by atoms with Crippen molar-refractivity contribution >= 4 is 5.78 Å². The Morgan fingerprint density at radius 2 is 1.70 bits per heavy atom. The third kappa shape index (κ3) is 3.25. The summed E-state index contributed by atoms with van der Waals surface area (Å²) in [6.45, 7) is 12.2. The van der Waals surface area contributed by atoms with Crippen LogP contribution in [0.4, 0.5) is 0 Å². The Bertz CT molecular complexity index is 328. The first-order valence-corrected chi connectivity index (χ1v) is 8.34. The van der Waals surface area contributed by atoms with Gasteiger partial charge in [-0.05, 0) is 44.4 Å². The molecule has 0 spiro atoms. The van der Waals surface area contributed by atoms with Crippen LogP contribution in [-0.2, 0) is 9.53 Å². The lowest BCUT2D eigenvalue weighted by Crippen LogP contribution is -2.58. The highest BCUT2D eigenvalue weighted by Gasteiger charge is 2.43. The molecule has 1 heterocycles. The van der Waals surface area contributed by atoms with E-state index in [1.165, 1.54) is 6.42 Å². The van der Waals surface area contributed by atoms with Gasteiger partial charge in [-0.2, -0.15) is 0 Å². The molecule has 3 atom stereocenters. The molecule has 3 unspecified atom stereocenters. The fourth-order valence-corrected chi connectivity index (χ4v) is 4.21. The van der Waals surface area contributed by atoms with Gasteiger partial charge in [-0.3, -0.25) is 9.69 Å². The number of carbonyl (C=O) groups is 1. The second kappa shape index (κ2) is 6.57. The molecule has 0 aromatic rings. The summed E-state index contributed by atoms with van der Waals surface area (Å²) in [5, 5.41) is 0. The molecule has 116 valence electrons. The number of morpholine rings is 1. The molecule has 1 saturated carbocycles. The number of hydrogen-bond acceptors (Lipinski definition) is 3. The first-order chi connectivity index (χ1) is 9.47. The number of ketones is 1. The highest BCUT2D eigenvalue weighted by atomic mass is 16.5. The number of nitrogens with zero attached hydrogens (tertiary/aromatic N) is 1. The van der Waals surface area contributed by atoms with Gasteiger partial charge in [-0.15, -0.1) is 0 Å². The molecule has 0 radical (unpaired) electrons. The molecule has 2 rings (SSSR count). The molecule has 0 aromatic carbocycles. The minimum Gasteiger partial charge on any atom is -0.379 e. The summed E-state index contributed by atoms with van der Waals surface area (Å²) >= 11 is 0. The molecular formula is C17H31NO2. The average Bonchev–Trinajstić information content (AvgIpc) is 2.45. The summed E-state index contributed by atoms with van der Waals surface area (Å²) in [7, 11) is 0. The highest BCUT2D eigenvalue weighted by molar-refractivity contribution is 5.90. The summed E-state index contributed by atoms with van der Waals surface area (Å²) in [5.41, 5.74) is -0.286. The molecule has 20 heavy (non-hydrogen) atoms. The van der Waals surface area contributed by atoms with Crippen molar-refractivity contribution in [2.45, 2.75) is 58.9 Å². The molecule has 2 fully saturated rings. The monoisotopic (exact) mass is 281 g/mol. The van der Waals surface area contributed by atoms with Crippen molar-refractivity contribution in [3.8, 4) is 0 Å². The number of ether oxygens (including phenoxy) is 1. The summed E-state index contributed by atoms with van der Waals surface area (Å²) in [6.07, 6.45) is 4.36. The SMILES string of the molecule is CCC(C)(C(=O)C1CC(C)CC(C)C1)N1CCOCC1. The van der Waals surface area contributed by atoms with E-state index < -0.39 is 0 Å². The first kappa shape index (κ1) is 16.0. The Balaban J connectivity index is 2.10. The first-order valence-electron chi connectivity index (χ1n) is 8.34. The van der Waals surface area contributed by atoms with Crippen molar-refractivity contribution in [3.63, 3.8) is 0 Å². The predicted molar refractivity (Wildman–Crippen MR) is 81.8 cm³/mol. The topological polar surface area (TPSA) is 29.5 Å². The van der Waals surface area contributed by atoms with Gasteiger partial charge in [0.2, 0.25) is 0 Å². The van der Waals surface area contributed by atoms with Crippen molar-refractivity contribution in [3.05, 3.63) is 0 Å². The van der Waals surface area contributed by atoms with Crippen LogP contribution in [0.5, 0.6) is 0 Å². The van der Waals surface area contributed by atoms with Crippen molar-refractivity contribution in [2.24, 2.45) is 17.8 Å². The maximum atomic E-state index is 13.2. The van der Waals surface area contributed by atoms with E-state index in [1.54, 1.807) is 0 Å². The number of hydrogen-bond donors (Lipinski definition) is 0. The largest absolute Gasteiger partial charge is 0.379 e. The van der Waals surface area contributed by atoms with E-state index in [0.29, 0.717) is 17.6 Å². The molecule has 2 aliphatic rings. The third-order valence-electron chi connectivity index (χ3n) is 5.48. The molecule has 0 amide bonds. The standard InChI is InChI=1S/C17H31NO2/c1-5-17(4,18-6-8-20-9-7-18)16(19)15-11-13(2)10-14(3)12-15/h13-15H,5-12H2,1-4H3. The van der Waals surface area contributed by atoms with Crippen molar-refractivity contribution < 1.29 is 9.53 Å². The van der Waals surface area contributed by atoms with Gasteiger partial charge in [-0.25, -0.2) is 0 Å². The van der Waals surface area contributed by atoms with Crippen LogP contribution in [0.1, 0.15) is 53.4 Å². The molecule has 3 nitrogen and oxygen atoms in total. The molecule has 0 aromatic heterocycles. The van der Waals surface area contributed by atoms with Crippen molar-refractivity contribution in [1.29, 1.82) is 0 Å². The Kier molecular flexibility index (Phi) is 5.25. The number of Topliss-reactive ketones (excluding diaryl/α,β-unsaturated/α-hetero) is 1. The molecule has 1 saturated heterocycles. The van der Waals surface area contributed by atoms with Gasteiger partial charge < -0.3 is 4.74 Å². The molecular weight excluding hydrogens is 250 g/mol. The molecule has 0 N–H and O–H groups in total. The van der Waals surface area contributed by atoms with Gasteiger partial charge in [-0.1, -0.05) is 20.8 Å². The summed E-state index contributed by atoms with van der Waals surface area (Å²) in [5.74, 6) is 2.14. The van der Waals surface area contributed by atoms with E-state index >= 15 is 0 Å². The smallest absolute Gasteiger partial charge is 0.155 e. The minimum absolute atomic E-state index is 0.265. The molecule has 0 bridgehead atoms. The van der Waals surface area contributed by atoms with Crippen LogP contribution in [0.25, 0.3) is 0 Å². The predicted octanol–water partition coefficient (Wildman–Crippen LogP) is 3.13. The van der Waals surface area contributed by atoms with Gasteiger partial charge in [0.1, 0.15) is 0 Å². The maximum Gasteiger partial charge on any atom is 0.155 e. The van der Waals surface area contributed by atoms with Crippen LogP contribution < -0.4 is 0 Å². The lowest BCUT2D eigenvalue weighted by molar-refractivity contribution is -0.140. The lowest BCUT2D eigenvalue weighted by atomic mass is 9.70. The highest BCUT2D eigenvalue weighted by Crippen LogP contribution is 2.37. The Morgan fingerprint density at radius 1 is 1.15 bits per heavy atom. The normalized spacial score (nSPS) is 35.5. The van der Waals surface area contributed by atoms with E-state index in [1.807, 2.05) is 0 Å². The van der Waals surface area contributed by atoms with Gasteiger partial charge in [0, 0.05) is 19.0 Å². The van der Waals surface area contributed by atoms with Crippen LogP contribution in [0.15, 0.2) is 0 Å². The van der Waals surface area contributed by atoms with Gasteiger partial charge in [0.15, 0.2) is 5.78 Å². The number of carbonyl (C=O) groups excluding carboxylic acids is 1.